The molecule has 2 rings (SSSR count). The van der Waals surface area contributed by atoms with Gasteiger partial charge in [-0.25, -0.2) is 0 Å². The largest absolute Gasteiger partial charge is 0.493 e. The summed E-state index contributed by atoms with van der Waals surface area (Å²) in [7, 11) is 3.26. The van der Waals surface area contributed by atoms with Crippen LogP contribution in [0.3, 0.4) is 0 Å². The first-order chi connectivity index (χ1) is 9.65. The third-order valence-corrected chi connectivity index (χ3v) is 3.54. The molecule has 106 valence electrons. The standard InChI is InChI=1S/C17H21NO2/c1-12-6-4-5-7-13(12)10-15(18)14-8-9-16(19-2)17(11-14)20-3/h4-9,11,15H,10,18H2,1-3H3. The molecule has 0 bridgehead atoms. The van der Waals surface area contributed by atoms with Crippen LogP contribution in [0.2, 0.25) is 0 Å². The second-order valence-electron chi connectivity index (χ2n) is 4.85. The van der Waals surface area contributed by atoms with Crippen LogP contribution in [-0.2, 0) is 6.42 Å². The zero-order chi connectivity index (χ0) is 14.5. The van der Waals surface area contributed by atoms with Crippen molar-refractivity contribution in [3.05, 3.63) is 59.2 Å². The Kier molecular flexibility index (Phi) is 4.64. The summed E-state index contributed by atoms with van der Waals surface area (Å²) in [4.78, 5) is 0. The van der Waals surface area contributed by atoms with Crippen molar-refractivity contribution in [1.29, 1.82) is 0 Å². The lowest BCUT2D eigenvalue weighted by molar-refractivity contribution is 0.354. The Labute approximate surface area is 120 Å². The Balaban J connectivity index is 2.21. The minimum absolute atomic E-state index is 0.0593. The highest BCUT2D eigenvalue weighted by molar-refractivity contribution is 5.44. The van der Waals surface area contributed by atoms with Crippen molar-refractivity contribution < 1.29 is 9.47 Å². The molecule has 0 spiro atoms. The van der Waals surface area contributed by atoms with Gasteiger partial charge in [-0.2, -0.15) is 0 Å². The van der Waals surface area contributed by atoms with Crippen LogP contribution in [0.15, 0.2) is 42.5 Å². The Morgan fingerprint density at radius 3 is 2.35 bits per heavy atom. The normalized spacial score (nSPS) is 12.0. The van der Waals surface area contributed by atoms with Crippen molar-refractivity contribution >= 4 is 0 Å². The first kappa shape index (κ1) is 14.4. The lowest BCUT2D eigenvalue weighted by Crippen LogP contribution is -2.14. The number of hydrogen-bond acceptors (Lipinski definition) is 3. The van der Waals surface area contributed by atoms with E-state index >= 15 is 0 Å². The Bertz CT molecular complexity index is 581. The predicted octanol–water partition coefficient (Wildman–Crippen LogP) is 3.25. The molecule has 0 heterocycles. The summed E-state index contributed by atoms with van der Waals surface area (Å²) in [6.45, 7) is 2.11. The lowest BCUT2D eigenvalue weighted by atomic mass is 9.96. The molecule has 3 heteroatoms. The van der Waals surface area contributed by atoms with Gasteiger partial charge in [-0.05, 0) is 42.2 Å². The van der Waals surface area contributed by atoms with Crippen molar-refractivity contribution in [1.82, 2.24) is 0 Å². The molecule has 2 aromatic rings. The molecule has 1 atom stereocenters. The zero-order valence-corrected chi connectivity index (χ0v) is 12.2. The first-order valence-electron chi connectivity index (χ1n) is 6.67. The van der Waals surface area contributed by atoms with Gasteiger partial charge in [0.1, 0.15) is 0 Å². The highest BCUT2D eigenvalue weighted by atomic mass is 16.5. The fourth-order valence-electron chi connectivity index (χ4n) is 2.28. The van der Waals surface area contributed by atoms with Gasteiger partial charge in [-0.3, -0.25) is 0 Å². The molecule has 0 radical (unpaired) electrons. The van der Waals surface area contributed by atoms with Crippen LogP contribution in [-0.4, -0.2) is 14.2 Å². The summed E-state index contributed by atoms with van der Waals surface area (Å²) >= 11 is 0. The maximum atomic E-state index is 6.31. The van der Waals surface area contributed by atoms with Crippen LogP contribution in [0.1, 0.15) is 22.7 Å². The topological polar surface area (TPSA) is 44.5 Å². The summed E-state index contributed by atoms with van der Waals surface area (Å²) in [6, 6.07) is 14.1. The summed E-state index contributed by atoms with van der Waals surface area (Å²) in [5.74, 6) is 1.43. The molecule has 0 aliphatic carbocycles. The van der Waals surface area contributed by atoms with Crippen LogP contribution in [0.25, 0.3) is 0 Å². The smallest absolute Gasteiger partial charge is 0.161 e. The molecule has 20 heavy (non-hydrogen) atoms. The highest BCUT2D eigenvalue weighted by Gasteiger charge is 2.12. The third-order valence-electron chi connectivity index (χ3n) is 3.54. The number of nitrogens with two attached hydrogens (primary N) is 1. The zero-order valence-electron chi connectivity index (χ0n) is 12.2. The van der Waals surface area contributed by atoms with Gasteiger partial charge in [0, 0.05) is 6.04 Å². The molecule has 0 aliphatic heterocycles. The average Bonchev–Trinajstić information content (AvgIpc) is 2.48. The monoisotopic (exact) mass is 271 g/mol. The molecular formula is C17H21NO2. The highest BCUT2D eigenvalue weighted by Crippen LogP contribution is 2.30. The maximum absolute atomic E-state index is 6.31. The molecule has 0 saturated carbocycles. The Morgan fingerprint density at radius 2 is 1.70 bits per heavy atom. The number of aryl methyl sites for hydroxylation is 1. The summed E-state index contributed by atoms with van der Waals surface area (Å²) in [5.41, 5.74) is 9.90. The van der Waals surface area contributed by atoms with E-state index in [0.29, 0.717) is 5.75 Å². The lowest BCUT2D eigenvalue weighted by Gasteiger charge is -2.16. The minimum atomic E-state index is -0.0593. The van der Waals surface area contributed by atoms with Crippen LogP contribution < -0.4 is 15.2 Å². The van der Waals surface area contributed by atoms with Gasteiger partial charge in [0.2, 0.25) is 0 Å². The fourth-order valence-corrected chi connectivity index (χ4v) is 2.28. The molecule has 0 aliphatic rings. The van der Waals surface area contributed by atoms with Gasteiger partial charge in [-0.1, -0.05) is 30.3 Å². The van der Waals surface area contributed by atoms with E-state index in [0.717, 1.165) is 17.7 Å². The summed E-state index contributed by atoms with van der Waals surface area (Å²) in [6.07, 6.45) is 0.808. The molecule has 0 saturated heterocycles. The van der Waals surface area contributed by atoms with Crippen molar-refractivity contribution in [3.63, 3.8) is 0 Å². The van der Waals surface area contributed by atoms with E-state index in [1.54, 1.807) is 14.2 Å². The fraction of sp³-hybridized carbons (Fsp3) is 0.294. The van der Waals surface area contributed by atoms with Crippen LogP contribution >= 0.6 is 0 Å². The van der Waals surface area contributed by atoms with Gasteiger partial charge < -0.3 is 15.2 Å². The third kappa shape index (κ3) is 3.11. The van der Waals surface area contributed by atoms with Crippen molar-refractivity contribution in [2.75, 3.05) is 14.2 Å². The number of methoxy groups -OCH3 is 2. The van der Waals surface area contributed by atoms with Gasteiger partial charge in [0.25, 0.3) is 0 Å². The van der Waals surface area contributed by atoms with E-state index in [4.69, 9.17) is 15.2 Å². The predicted molar refractivity (Wildman–Crippen MR) is 81.4 cm³/mol. The second kappa shape index (κ2) is 6.44. The Morgan fingerprint density at radius 1 is 1.00 bits per heavy atom. The molecule has 1 unspecified atom stereocenters. The van der Waals surface area contributed by atoms with E-state index < -0.39 is 0 Å². The Hall–Kier alpha value is -2.00. The van der Waals surface area contributed by atoms with E-state index in [1.807, 2.05) is 30.3 Å². The summed E-state index contributed by atoms with van der Waals surface area (Å²) < 4.78 is 10.6. The number of ether oxygens (including phenoxy) is 2. The van der Waals surface area contributed by atoms with Crippen LogP contribution in [0.5, 0.6) is 11.5 Å². The molecule has 0 aromatic heterocycles. The number of benzene rings is 2. The maximum Gasteiger partial charge on any atom is 0.161 e. The van der Waals surface area contributed by atoms with Crippen molar-refractivity contribution in [2.45, 2.75) is 19.4 Å². The average molecular weight is 271 g/mol. The van der Waals surface area contributed by atoms with E-state index in [9.17, 15) is 0 Å². The summed E-state index contributed by atoms with van der Waals surface area (Å²) in [5, 5.41) is 0. The molecule has 0 fully saturated rings. The SMILES string of the molecule is COc1ccc(C(N)Cc2ccccc2C)cc1OC. The van der Waals surface area contributed by atoms with E-state index in [1.165, 1.54) is 11.1 Å². The van der Waals surface area contributed by atoms with Gasteiger partial charge in [-0.15, -0.1) is 0 Å². The van der Waals surface area contributed by atoms with Gasteiger partial charge >= 0.3 is 0 Å². The first-order valence-corrected chi connectivity index (χ1v) is 6.67. The molecule has 2 aromatic carbocycles. The van der Waals surface area contributed by atoms with Crippen molar-refractivity contribution in [3.8, 4) is 11.5 Å². The molecular weight excluding hydrogens is 250 g/mol. The van der Waals surface area contributed by atoms with Crippen molar-refractivity contribution in [2.24, 2.45) is 5.73 Å². The van der Waals surface area contributed by atoms with E-state index in [-0.39, 0.29) is 6.04 Å². The van der Waals surface area contributed by atoms with E-state index in [2.05, 4.69) is 19.1 Å². The van der Waals surface area contributed by atoms with Crippen LogP contribution in [0.4, 0.5) is 0 Å². The molecule has 0 amide bonds. The number of hydrogen-bond donors (Lipinski definition) is 1. The quantitative estimate of drug-likeness (QED) is 0.908. The molecule has 2 N–H and O–H groups in total. The molecule has 3 nitrogen and oxygen atoms in total. The van der Waals surface area contributed by atoms with Gasteiger partial charge in [0.15, 0.2) is 11.5 Å². The van der Waals surface area contributed by atoms with Crippen LogP contribution in [0, 0.1) is 6.92 Å². The minimum Gasteiger partial charge on any atom is -0.493 e. The number of rotatable bonds is 5. The second-order valence-corrected chi connectivity index (χ2v) is 4.85. The van der Waals surface area contributed by atoms with Gasteiger partial charge in [0.05, 0.1) is 14.2 Å².